The third-order valence-corrected chi connectivity index (χ3v) is 5.22. The molecular weight excluding hydrogens is 362 g/mol. The van der Waals surface area contributed by atoms with Crippen LogP contribution in [0.5, 0.6) is 11.5 Å². The largest absolute Gasteiger partial charge is 0.493 e. The Hall–Kier alpha value is -2.75. The van der Waals surface area contributed by atoms with E-state index in [1.165, 1.54) is 31.3 Å². The number of para-hydroxylation sites is 1. The molecule has 1 aliphatic carbocycles. The van der Waals surface area contributed by atoms with Crippen molar-refractivity contribution in [3.63, 3.8) is 0 Å². The van der Waals surface area contributed by atoms with Crippen LogP contribution in [-0.2, 0) is 6.61 Å². The van der Waals surface area contributed by atoms with E-state index < -0.39 is 0 Å². The van der Waals surface area contributed by atoms with E-state index in [1.54, 1.807) is 0 Å². The summed E-state index contributed by atoms with van der Waals surface area (Å²) in [6.07, 6.45) is 8.16. The molecular formula is C25H31NO3. The number of aryl methyl sites for hydroxylation is 1. The quantitative estimate of drug-likeness (QED) is 0.565. The molecule has 3 rings (SSSR count). The molecule has 0 radical (unpaired) electrons. The van der Waals surface area contributed by atoms with Crippen LogP contribution in [0.2, 0.25) is 0 Å². The number of carbonyl (C=O) groups excluding carboxylic acids is 1. The summed E-state index contributed by atoms with van der Waals surface area (Å²) < 4.78 is 11.7. The summed E-state index contributed by atoms with van der Waals surface area (Å²) in [5.74, 6) is 1.54. The van der Waals surface area contributed by atoms with Crippen molar-refractivity contribution in [3.8, 4) is 11.5 Å². The molecule has 0 fully saturated rings. The van der Waals surface area contributed by atoms with Crippen LogP contribution in [-0.4, -0.2) is 19.1 Å². The van der Waals surface area contributed by atoms with Crippen LogP contribution in [0.4, 0.5) is 0 Å². The smallest absolute Gasteiger partial charge is 0.251 e. The third-order valence-electron chi connectivity index (χ3n) is 5.22. The lowest BCUT2D eigenvalue weighted by atomic mass is 9.97. The highest BCUT2D eigenvalue weighted by atomic mass is 16.5. The molecule has 1 amide bonds. The van der Waals surface area contributed by atoms with Gasteiger partial charge in [-0.3, -0.25) is 4.79 Å². The average molecular weight is 394 g/mol. The van der Waals surface area contributed by atoms with Gasteiger partial charge in [0.2, 0.25) is 0 Å². The lowest BCUT2D eigenvalue weighted by Gasteiger charge is -2.15. The predicted molar refractivity (Wildman–Crippen MR) is 117 cm³/mol. The molecule has 1 aliphatic rings. The fourth-order valence-electron chi connectivity index (χ4n) is 3.57. The molecule has 0 heterocycles. The minimum atomic E-state index is -0.0541. The summed E-state index contributed by atoms with van der Waals surface area (Å²) in [6.45, 7) is 5.57. The molecule has 2 aromatic rings. The van der Waals surface area contributed by atoms with E-state index in [4.69, 9.17) is 9.47 Å². The van der Waals surface area contributed by atoms with Crippen molar-refractivity contribution in [3.05, 3.63) is 70.8 Å². The maximum absolute atomic E-state index is 12.6. The van der Waals surface area contributed by atoms with Crippen molar-refractivity contribution < 1.29 is 14.3 Å². The SMILES string of the molecule is CCOc1ccc(C(=O)NCCC2=CCCCC2)cc1COc1ccccc1C. The number of benzene rings is 2. The number of nitrogens with one attached hydrogen (secondary N) is 1. The van der Waals surface area contributed by atoms with E-state index in [0.717, 1.165) is 29.0 Å². The highest BCUT2D eigenvalue weighted by Crippen LogP contribution is 2.24. The van der Waals surface area contributed by atoms with Crippen molar-refractivity contribution >= 4 is 5.91 Å². The predicted octanol–water partition coefficient (Wildman–Crippen LogP) is 5.59. The van der Waals surface area contributed by atoms with Crippen molar-refractivity contribution in [1.82, 2.24) is 5.32 Å². The molecule has 4 heteroatoms. The van der Waals surface area contributed by atoms with E-state index in [1.807, 2.05) is 56.3 Å². The molecule has 0 unspecified atom stereocenters. The van der Waals surface area contributed by atoms with Gasteiger partial charge in [0.1, 0.15) is 18.1 Å². The monoisotopic (exact) mass is 393 g/mol. The topological polar surface area (TPSA) is 47.6 Å². The summed E-state index contributed by atoms with van der Waals surface area (Å²) in [7, 11) is 0. The first-order valence-corrected chi connectivity index (χ1v) is 10.6. The van der Waals surface area contributed by atoms with Crippen LogP contribution in [0, 0.1) is 6.92 Å². The third kappa shape index (κ3) is 6.11. The Morgan fingerprint density at radius 2 is 1.93 bits per heavy atom. The zero-order chi connectivity index (χ0) is 20.5. The normalized spacial score (nSPS) is 13.5. The van der Waals surface area contributed by atoms with Gasteiger partial charge in [0.15, 0.2) is 0 Å². The second kappa shape index (κ2) is 10.7. The van der Waals surface area contributed by atoms with E-state index in [9.17, 15) is 4.79 Å². The second-order valence-corrected chi connectivity index (χ2v) is 7.42. The number of hydrogen-bond donors (Lipinski definition) is 1. The summed E-state index contributed by atoms with van der Waals surface area (Å²) in [5, 5.41) is 3.05. The van der Waals surface area contributed by atoms with Gasteiger partial charge in [-0.2, -0.15) is 0 Å². The molecule has 0 aromatic heterocycles. The van der Waals surface area contributed by atoms with Crippen LogP contribution in [0.25, 0.3) is 0 Å². The van der Waals surface area contributed by atoms with Gasteiger partial charge in [0.25, 0.3) is 5.91 Å². The van der Waals surface area contributed by atoms with E-state index in [2.05, 4.69) is 11.4 Å². The second-order valence-electron chi connectivity index (χ2n) is 7.42. The van der Waals surface area contributed by atoms with Crippen LogP contribution >= 0.6 is 0 Å². The maximum Gasteiger partial charge on any atom is 0.251 e. The first kappa shape index (κ1) is 21.0. The molecule has 0 saturated carbocycles. The van der Waals surface area contributed by atoms with E-state index >= 15 is 0 Å². The summed E-state index contributed by atoms with van der Waals surface area (Å²) >= 11 is 0. The average Bonchev–Trinajstić information content (AvgIpc) is 2.75. The van der Waals surface area contributed by atoms with Crippen molar-refractivity contribution in [2.24, 2.45) is 0 Å². The van der Waals surface area contributed by atoms with E-state index in [0.29, 0.717) is 25.3 Å². The van der Waals surface area contributed by atoms with Gasteiger partial charge in [-0.1, -0.05) is 29.8 Å². The van der Waals surface area contributed by atoms with Crippen LogP contribution in [0.15, 0.2) is 54.1 Å². The fraction of sp³-hybridized carbons (Fsp3) is 0.400. The molecule has 0 saturated heterocycles. The van der Waals surface area contributed by atoms with Crippen molar-refractivity contribution in [2.75, 3.05) is 13.2 Å². The first-order valence-electron chi connectivity index (χ1n) is 10.6. The van der Waals surface area contributed by atoms with E-state index in [-0.39, 0.29) is 5.91 Å². The van der Waals surface area contributed by atoms with Crippen LogP contribution in [0.1, 0.15) is 60.5 Å². The van der Waals surface area contributed by atoms with Gasteiger partial charge >= 0.3 is 0 Å². The maximum atomic E-state index is 12.6. The Bertz CT molecular complexity index is 857. The number of hydrogen-bond acceptors (Lipinski definition) is 3. The Balaban J connectivity index is 1.64. The Morgan fingerprint density at radius 3 is 2.69 bits per heavy atom. The molecule has 29 heavy (non-hydrogen) atoms. The van der Waals surface area contributed by atoms with Crippen molar-refractivity contribution in [2.45, 2.75) is 52.6 Å². The van der Waals surface area contributed by atoms with Gasteiger partial charge in [0, 0.05) is 17.7 Å². The zero-order valence-corrected chi connectivity index (χ0v) is 17.5. The Morgan fingerprint density at radius 1 is 1.07 bits per heavy atom. The van der Waals surface area contributed by atoms with Gasteiger partial charge in [-0.05, 0) is 75.8 Å². The zero-order valence-electron chi connectivity index (χ0n) is 17.5. The summed E-state index contributed by atoms with van der Waals surface area (Å²) in [5.41, 5.74) is 4.05. The molecule has 2 aromatic carbocycles. The number of allylic oxidation sites excluding steroid dienone is 1. The van der Waals surface area contributed by atoms with Gasteiger partial charge in [-0.25, -0.2) is 0 Å². The molecule has 4 nitrogen and oxygen atoms in total. The highest BCUT2D eigenvalue weighted by Gasteiger charge is 2.12. The minimum absolute atomic E-state index is 0.0541. The lowest BCUT2D eigenvalue weighted by molar-refractivity contribution is 0.0954. The summed E-state index contributed by atoms with van der Waals surface area (Å²) in [6, 6.07) is 13.5. The van der Waals surface area contributed by atoms with Crippen LogP contribution in [0.3, 0.4) is 0 Å². The number of rotatable bonds is 9. The minimum Gasteiger partial charge on any atom is -0.493 e. The standard InChI is InChI=1S/C25H31NO3/c1-3-28-24-14-13-21(25(27)26-16-15-20-10-5-4-6-11-20)17-22(24)18-29-23-12-8-7-9-19(23)2/h7-10,12-14,17H,3-6,11,15-16,18H2,1-2H3,(H,26,27). The van der Waals surface area contributed by atoms with Gasteiger partial charge in [-0.15, -0.1) is 0 Å². The highest BCUT2D eigenvalue weighted by molar-refractivity contribution is 5.94. The van der Waals surface area contributed by atoms with Crippen LogP contribution < -0.4 is 14.8 Å². The number of ether oxygens (including phenoxy) is 2. The molecule has 0 atom stereocenters. The molecule has 0 aliphatic heterocycles. The molecule has 0 spiro atoms. The number of carbonyl (C=O) groups is 1. The molecule has 1 N–H and O–H groups in total. The van der Waals surface area contributed by atoms with Crippen molar-refractivity contribution in [1.29, 1.82) is 0 Å². The summed E-state index contributed by atoms with van der Waals surface area (Å²) in [4.78, 5) is 12.6. The molecule has 0 bridgehead atoms. The lowest BCUT2D eigenvalue weighted by Crippen LogP contribution is -2.25. The molecule has 154 valence electrons. The van der Waals surface area contributed by atoms with Gasteiger partial charge < -0.3 is 14.8 Å². The van der Waals surface area contributed by atoms with Gasteiger partial charge in [0.05, 0.1) is 6.61 Å². The Kier molecular flexibility index (Phi) is 7.74. The fourth-order valence-corrected chi connectivity index (χ4v) is 3.57. The first-order chi connectivity index (χ1) is 14.2. The Labute approximate surface area is 173 Å². The number of amides is 1.